The van der Waals surface area contributed by atoms with Gasteiger partial charge in [-0.15, -0.1) is 0 Å². The standard InChI is InChI=1S/C13H16N4/c1-10-2-3-13(15-6-10)17-5-4-12-11(8-17)7-14-9-16-12/h2-6,14,16H,7-9H2,1H3. The van der Waals surface area contributed by atoms with Gasteiger partial charge in [0.15, 0.2) is 0 Å². The van der Waals surface area contributed by atoms with Gasteiger partial charge >= 0.3 is 0 Å². The van der Waals surface area contributed by atoms with Crippen molar-refractivity contribution in [1.82, 2.24) is 15.6 Å². The van der Waals surface area contributed by atoms with Crippen molar-refractivity contribution in [1.29, 1.82) is 0 Å². The molecule has 0 saturated carbocycles. The van der Waals surface area contributed by atoms with Gasteiger partial charge in [-0.05, 0) is 30.2 Å². The molecule has 4 heteroatoms. The van der Waals surface area contributed by atoms with Crippen LogP contribution in [-0.2, 0) is 0 Å². The Kier molecular flexibility index (Phi) is 2.57. The molecule has 3 heterocycles. The average molecular weight is 228 g/mol. The SMILES string of the molecule is Cc1ccc(N2C=CC3=C(CNCN3)C2)nc1. The molecule has 2 aliphatic heterocycles. The molecule has 88 valence electrons. The number of pyridine rings is 1. The molecule has 1 aromatic rings. The van der Waals surface area contributed by atoms with Crippen LogP contribution in [0.1, 0.15) is 5.56 Å². The molecule has 2 N–H and O–H groups in total. The van der Waals surface area contributed by atoms with Crippen molar-refractivity contribution < 1.29 is 0 Å². The van der Waals surface area contributed by atoms with Crippen molar-refractivity contribution in [3.63, 3.8) is 0 Å². The topological polar surface area (TPSA) is 40.2 Å². The van der Waals surface area contributed by atoms with Crippen molar-refractivity contribution in [2.75, 3.05) is 24.7 Å². The fourth-order valence-corrected chi connectivity index (χ4v) is 2.12. The Morgan fingerprint density at radius 3 is 3.12 bits per heavy atom. The van der Waals surface area contributed by atoms with Crippen LogP contribution in [0.5, 0.6) is 0 Å². The van der Waals surface area contributed by atoms with Crippen LogP contribution >= 0.6 is 0 Å². The van der Waals surface area contributed by atoms with Gasteiger partial charge < -0.3 is 10.2 Å². The highest BCUT2D eigenvalue weighted by molar-refractivity contribution is 5.49. The minimum absolute atomic E-state index is 0.853. The minimum atomic E-state index is 0.853. The first-order valence-electron chi connectivity index (χ1n) is 5.87. The highest BCUT2D eigenvalue weighted by Gasteiger charge is 2.17. The molecule has 0 fully saturated rings. The van der Waals surface area contributed by atoms with E-state index < -0.39 is 0 Å². The lowest BCUT2D eigenvalue weighted by Crippen LogP contribution is -2.41. The van der Waals surface area contributed by atoms with E-state index in [2.05, 4.69) is 51.8 Å². The van der Waals surface area contributed by atoms with Crippen molar-refractivity contribution in [3.05, 3.63) is 47.4 Å². The molecular formula is C13H16N4. The lowest BCUT2D eigenvalue weighted by atomic mass is 10.1. The molecule has 0 atom stereocenters. The molecule has 3 rings (SSSR count). The Hall–Kier alpha value is -1.81. The number of aryl methyl sites for hydroxylation is 1. The second-order valence-corrected chi connectivity index (χ2v) is 4.43. The fourth-order valence-electron chi connectivity index (χ4n) is 2.12. The molecule has 0 unspecified atom stereocenters. The van der Waals surface area contributed by atoms with Gasteiger partial charge in [0.2, 0.25) is 0 Å². The highest BCUT2D eigenvalue weighted by atomic mass is 15.2. The Labute approximate surface area is 101 Å². The molecule has 0 saturated heterocycles. The summed E-state index contributed by atoms with van der Waals surface area (Å²) in [7, 11) is 0. The first-order valence-corrected chi connectivity index (χ1v) is 5.87. The first kappa shape index (κ1) is 10.4. The summed E-state index contributed by atoms with van der Waals surface area (Å²) in [6, 6.07) is 4.16. The molecule has 0 aliphatic carbocycles. The van der Waals surface area contributed by atoms with E-state index in [1.165, 1.54) is 16.8 Å². The Balaban J connectivity index is 1.82. The molecular weight excluding hydrogens is 212 g/mol. The number of nitrogens with zero attached hydrogens (tertiary/aromatic N) is 2. The number of rotatable bonds is 1. The Bertz CT molecular complexity index is 473. The summed E-state index contributed by atoms with van der Waals surface area (Å²) < 4.78 is 0. The monoisotopic (exact) mass is 228 g/mol. The van der Waals surface area contributed by atoms with Gasteiger partial charge in [0, 0.05) is 31.2 Å². The van der Waals surface area contributed by atoms with E-state index in [1.807, 2.05) is 6.20 Å². The molecule has 1 aromatic heterocycles. The quantitative estimate of drug-likeness (QED) is 0.756. The first-order chi connectivity index (χ1) is 8.33. The molecule has 0 spiro atoms. The normalized spacial score (nSPS) is 19.0. The lowest BCUT2D eigenvalue weighted by Gasteiger charge is -2.30. The van der Waals surface area contributed by atoms with Gasteiger partial charge in [-0.25, -0.2) is 4.98 Å². The van der Waals surface area contributed by atoms with E-state index >= 15 is 0 Å². The van der Waals surface area contributed by atoms with Crippen LogP contribution in [0.3, 0.4) is 0 Å². The number of allylic oxidation sites excluding steroid dienone is 1. The predicted molar refractivity (Wildman–Crippen MR) is 68.5 cm³/mol. The van der Waals surface area contributed by atoms with Crippen molar-refractivity contribution in [2.45, 2.75) is 6.92 Å². The second kappa shape index (κ2) is 4.22. The van der Waals surface area contributed by atoms with Crippen LogP contribution < -0.4 is 15.5 Å². The third-order valence-electron chi connectivity index (χ3n) is 3.10. The van der Waals surface area contributed by atoms with Crippen LogP contribution in [0.4, 0.5) is 5.82 Å². The molecule has 17 heavy (non-hydrogen) atoms. The minimum Gasteiger partial charge on any atom is -0.372 e. The van der Waals surface area contributed by atoms with Crippen LogP contribution in [0.2, 0.25) is 0 Å². The zero-order valence-corrected chi connectivity index (χ0v) is 9.90. The summed E-state index contributed by atoms with van der Waals surface area (Å²) >= 11 is 0. The molecule has 0 radical (unpaired) electrons. The summed E-state index contributed by atoms with van der Waals surface area (Å²) in [6.07, 6.45) is 6.13. The van der Waals surface area contributed by atoms with Crippen LogP contribution in [0, 0.1) is 6.92 Å². The van der Waals surface area contributed by atoms with Crippen LogP contribution in [-0.4, -0.2) is 24.7 Å². The smallest absolute Gasteiger partial charge is 0.132 e. The maximum absolute atomic E-state index is 4.45. The summed E-state index contributed by atoms with van der Waals surface area (Å²) in [5.41, 5.74) is 3.84. The van der Waals surface area contributed by atoms with Crippen LogP contribution in [0.25, 0.3) is 0 Å². The van der Waals surface area contributed by atoms with E-state index in [4.69, 9.17) is 0 Å². The summed E-state index contributed by atoms with van der Waals surface area (Å²) in [5.74, 6) is 1.00. The van der Waals surface area contributed by atoms with E-state index in [0.29, 0.717) is 0 Å². The third kappa shape index (κ3) is 2.03. The van der Waals surface area contributed by atoms with Crippen molar-refractivity contribution in [3.8, 4) is 0 Å². The zero-order valence-electron chi connectivity index (χ0n) is 9.90. The van der Waals surface area contributed by atoms with Gasteiger partial charge in [-0.1, -0.05) is 6.07 Å². The lowest BCUT2D eigenvalue weighted by molar-refractivity contribution is 0.613. The molecule has 0 aromatic carbocycles. The number of nitrogens with one attached hydrogen (secondary N) is 2. The van der Waals surface area contributed by atoms with Gasteiger partial charge in [0.25, 0.3) is 0 Å². The molecule has 0 bridgehead atoms. The predicted octanol–water partition coefficient (Wildman–Crippen LogP) is 1.13. The van der Waals surface area contributed by atoms with E-state index in [9.17, 15) is 0 Å². The maximum atomic E-state index is 4.45. The number of aromatic nitrogens is 1. The largest absolute Gasteiger partial charge is 0.372 e. The fraction of sp³-hybridized carbons (Fsp3) is 0.308. The average Bonchev–Trinajstić information content (AvgIpc) is 2.39. The van der Waals surface area contributed by atoms with Gasteiger partial charge in [-0.3, -0.25) is 5.32 Å². The summed E-state index contributed by atoms with van der Waals surface area (Å²) in [4.78, 5) is 6.62. The number of hydrogen-bond acceptors (Lipinski definition) is 4. The van der Waals surface area contributed by atoms with Crippen molar-refractivity contribution >= 4 is 5.82 Å². The zero-order chi connectivity index (χ0) is 11.7. The van der Waals surface area contributed by atoms with Gasteiger partial charge in [0.1, 0.15) is 5.82 Å². The highest BCUT2D eigenvalue weighted by Crippen LogP contribution is 2.20. The number of anilines is 1. The van der Waals surface area contributed by atoms with Crippen LogP contribution in [0.15, 0.2) is 41.9 Å². The number of hydrogen-bond donors (Lipinski definition) is 2. The third-order valence-corrected chi connectivity index (χ3v) is 3.10. The maximum Gasteiger partial charge on any atom is 0.132 e. The van der Waals surface area contributed by atoms with Gasteiger partial charge in [-0.2, -0.15) is 0 Å². The summed E-state index contributed by atoms with van der Waals surface area (Å²) in [5, 5.41) is 6.65. The van der Waals surface area contributed by atoms with E-state index in [0.717, 1.165) is 25.6 Å². The second-order valence-electron chi connectivity index (χ2n) is 4.43. The van der Waals surface area contributed by atoms with Gasteiger partial charge in [0.05, 0.1) is 6.67 Å². The molecule has 4 nitrogen and oxygen atoms in total. The van der Waals surface area contributed by atoms with E-state index in [1.54, 1.807) is 0 Å². The van der Waals surface area contributed by atoms with Crippen molar-refractivity contribution in [2.24, 2.45) is 0 Å². The molecule has 0 amide bonds. The Morgan fingerprint density at radius 2 is 2.29 bits per heavy atom. The van der Waals surface area contributed by atoms with E-state index in [-0.39, 0.29) is 0 Å². The molecule has 2 aliphatic rings. The summed E-state index contributed by atoms with van der Waals surface area (Å²) in [6.45, 7) is 4.77. The Morgan fingerprint density at radius 1 is 1.35 bits per heavy atom.